The van der Waals surface area contributed by atoms with E-state index in [-0.39, 0.29) is 0 Å². The summed E-state index contributed by atoms with van der Waals surface area (Å²) in [5.74, 6) is 0.881. The van der Waals surface area contributed by atoms with E-state index in [0.29, 0.717) is 6.04 Å². The van der Waals surface area contributed by atoms with Crippen molar-refractivity contribution in [1.82, 2.24) is 4.90 Å². The van der Waals surface area contributed by atoms with Gasteiger partial charge in [0, 0.05) is 12.6 Å². The van der Waals surface area contributed by atoms with Crippen molar-refractivity contribution in [2.45, 2.75) is 52.0 Å². The quantitative estimate of drug-likeness (QED) is 0.709. The Bertz CT molecular complexity index is 141. The van der Waals surface area contributed by atoms with E-state index in [4.69, 9.17) is 5.73 Å². The molecule has 84 valence electrons. The largest absolute Gasteiger partial charge is 0.329 e. The molecule has 1 aliphatic carbocycles. The third-order valence-electron chi connectivity index (χ3n) is 3.57. The molecule has 0 bridgehead atoms. The molecule has 0 aromatic carbocycles. The Morgan fingerprint density at radius 2 is 1.93 bits per heavy atom. The Morgan fingerprint density at radius 1 is 1.29 bits per heavy atom. The molecule has 1 rings (SSSR count). The van der Waals surface area contributed by atoms with Gasteiger partial charge in [0.1, 0.15) is 0 Å². The maximum absolute atomic E-state index is 5.92. The molecule has 1 aliphatic rings. The zero-order valence-corrected chi connectivity index (χ0v) is 9.84. The number of nitrogens with zero attached hydrogens (tertiary/aromatic N) is 1. The van der Waals surface area contributed by atoms with Gasteiger partial charge in [-0.25, -0.2) is 0 Å². The Hall–Kier alpha value is -0.0800. The van der Waals surface area contributed by atoms with Crippen LogP contribution in [0.15, 0.2) is 0 Å². The van der Waals surface area contributed by atoms with Crippen LogP contribution in [0.4, 0.5) is 0 Å². The second-order valence-corrected chi connectivity index (χ2v) is 4.48. The van der Waals surface area contributed by atoms with Crippen molar-refractivity contribution in [3.05, 3.63) is 0 Å². The molecule has 2 N–H and O–H groups in total. The number of hydrogen-bond donors (Lipinski definition) is 1. The molecule has 0 spiro atoms. The Balaban J connectivity index is 2.48. The van der Waals surface area contributed by atoms with Gasteiger partial charge in [-0.05, 0) is 38.3 Å². The lowest BCUT2D eigenvalue weighted by Crippen LogP contribution is -2.45. The van der Waals surface area contributed by atoms with Gasteiger partial charge >= 0.3 is 0 Å². The summed E-state index contributed by atoms with van der Waals surface area (Å²) in [7, 11) is 0. The van der Waals surface area contributed by atoms with E-state index < -0.39 is 0 Å². The van der Waals surface area contributed by atoms with Crippen LogP contribution >= 0.6 is 0 Å². The molecule has 14 heavy (non-hydrogen) atoms. The lowest BCUT2D eigenvalue weighted by molar-refractivity contribution is 0.154. The summed E-state index contributed by atoms with van der Waals surface area (Å²) in [6, 6.07) is 0.655. The first-order chi connectivity index (χ1) is 6.83. The van der Waals surface area contributed by atoms with E-state index in [1.807, 2.05) is 0 Å². The van der Waals surface area contributed by atoms with Gasteiger partial charge in [-0.1, -0.05) is 26.7 Å². The van der Waals surface area contributed by atoms with Crippen LogP contribution in [0, 0.1) is 5.92 Å². The smallest absolute Gasteiger partial charge is 0.0246 e. The van der Waals surface area contributed by atoms with Crippen molar-refractivity contribution >= 4 is 0 Å². The Kier molecular flexibility index (Phi) is 5.49. The van der Waals surface area contributed by atoms with Crippen LogP contribution in [-0.4, -0.2) is 30.6 Å². The lowest BCUT2D eigenvalue weighted by Gasteiger charge is -2.33. The molecular weight excluding hydrogens is 172 g/mol. The van der Waals surface area contributed by atoms with Gasteiger partial charge in [0.15, 0.2) is 0 Å². The van der Waals surface area contributed by atoms with E-state index in [1.165, 1.54) is 38.6 Å². The van der Waals surface area contributed by atoms with Crippen molar-refractivity contribution in [3.63, 3.8) is 0 Å². The van der Waals surface area contributed by atoms with Gasteiger partial charge in [0.05, 0.1) is 0 Å². The molecular formula is C12H26N2. The van der Waals surface area contributed by atoms with Crippen molar-refractivity contribution in [3.8, 4) is 0 Å². The molecule has 0 amide bonds. The van der Waals surface area contributed by atoms with Gasteiger partial charge in [-0.3, -0.25) is 4.90 Å². The first kappa shape index (κ1) is 12.0. The highest BCUT2D eigenvalue weighted by molar-refractivity contribution is 4.83. The number of hydrogen-bond acceptors (Lipinski definition) is 2. The van der Waals surface area contributed by atoms with Crippen LogP contribution in [-0.2, 0) is 0 Å². The van der Waals surface area contributed by atoms with E-state index in [9.17, 15) is 0 Å². The molecule has 2 heteroatoms. The Morgan fingerprint density at radius 3 is 2.36 bits per heavy atom. The molecule has 0 aromatic heterocycles. The molecule has 1 atom stereocenters. The van der Waals surface area contributed by atoms with Gasteiger partial charge in [-0.15, -0.1) is 0 Å². The second-order valence-electron chi connectivity index (χ2n) is 4.48. The number of nitrogens with two attached hydrogens (primary N) is 1. The minimum absolute atomic E-state index is 0.655. The fraction of sp³-hybridized carbons (Fsp3) is 1.00. The normalized spacial score (nSPS) is 20.6. The number of rotatable bonds is 6. The highest BCUT2D eigenvalue weighted by Crippen LogP contribution is 2.29. The van der Waals surface area contributed by atoms with E-state index >= 15 is 0 Å². The van der Waals surface area contributed by atoms with Gasteiger partial charge in [0.2, 0.25) is 0 Å². The van der Waals surface area contributed by atoms with Crippen LogP contribution in [0.3, 0.4) is 0 Å². The SMILES string of the molecule is CCCN(CC)C(CN)C1CCCC1. The maximum Gasteiger partial charge on any atom is 0.0246 e. The molecule has 2 nitrogen and oxygen atoms in total. The van der Waals surface area contributed by atoms with Crippen LogP contribution in [0.5, 0.6) is 0 Å². The third kappa shape index (κ3) is 2.96. The predicted octanol–water partition coefficient (Wildman–Crippen LogP) is 2.24. The fourth-order valence-corrected chi connectivity index (χ4v) is 2.83. The summed E-state index contributed by atoms with van der Waals surface area (Å²) in [6.07, 6.45) is 6.90. The second kappa shape index (κ2) is 6.41. The molecule has 1 fully saturated rings. The Labute approximate surface area is 88.8 Å². The summed E-state index contributed by atoms with van der Waals surface area (Å²) in [6.45, 7) is 7.73. The van der Waals surface area contributed by atoms with Gasteiger partial charge < -0.3 is 5.73 Å². The summed E-state index contributed by atoms with van der Waals surface area (Å²) in [4.78, 5) is 2.58. The van der Waals surface area contributed by atoms with Crippen molar-refractivity contribution < 1.29 is 0 Å². The van der Waals surface area contributed by atoms with Crippen molar-refractivity contribution in [2.75, 3.05) is 19.6 Å². The molecule has 0 saturated heterocycles. The van der Waals surface area contributed by atoms with E-state index in [2.05, 4.69) is 18.7 Å². The minimum atomic E-state index is 0.655. The zero-order chi connectivity index (χ0) is 10.4. The number of likely N-dealkylation sites (N-methyl/N-ethyl adjacent to an activating group) is 1. The monoisotopic (exact) mass is 198 g/mol. The molecule has 0 aliphatic heterocycles. The van der Waals surface area contributed by atoms with Crippen LogP contribution < -0.4 is 5.73 Å². The van der Waals surface area contributed by atoms with Gasteiger partial charge in [0.25, 0.3) is 0 Å². The first-order valence-corrected chi connectivity index (χ1v) is 6.27. The van der Waals surface area contributed by atoms with Crippen LogP contribution in [0.1, 0.15) is 46.0 Å². The summed E-state index contributed by atoms with van der Waals surface area (Å²) in [5.41, 5.74) is 5.92. The maximum atomic E-state index is 5.92. The summed E-state index contributed by atoms with van der Waals surface area (Å²) >= 11 is 0. The molecule has 1 unspecified atom stereocenters. The van der Waals surface area contributed by atoms with Gasteiger partial charge in [-0.2, -0.15) is 0 Å². The van der Waals surface area contributed by atoms with Crippen LogP contribution in [0.25, 0.3) is 0 Å². The average Bonchev–Trinajstić information content (AvgIpc) is 2.71. The molecule has 1 saturated carbocycles. The summed E-state index contributed by atoms with van der Waals surface area (Å²) in [5, 5.41) is 0. The topological polar surface area (TPSA) is 29.3 Å². The third-order valence-corrected chi connectivity index (χ3v) is 3.57. The van der Waals surface area contributed by atoms with E-state index in [0.717, 1.165) is 19.0 Å². The average molecular weight is 198 g/mol. The standard InChI is InChI=1S/C12H26N2/c1-3-9-14(4-2)12(10-13)11-7-5-6-8-11/h11-12H,3-10,13H2,1-2H3. The summed E-state index contributed by atoms with van der Waals surface area (Å²) < 4.78 is 0. The molecule has 0 aromatic rings. The molecule has 0 heterocycles. The van der Waals surface area contributed by atoms with Crippen LogP contribution in [0.2, 0.25) is 0 Å². The molecule has 0 radical (unpaired) electrons. The predicted molar refractivity (Wildman–Crippen MR) is 62.3 cm³/mol. The highest BCUT2D eigenvalue weighted by atomic mass is 15.2. The van der Waals surface area contributed by atoms with E-state index in [1.54, 1.807) is 0 Å². The van der Waals surface area contributed by atoms with Crippen molar-refractivity contribution in [1.29, 1.82) is 0 Å². The minimum Gasteiger partial charge on any atom is -0.329 e. The highest BCUT2D eigenvalue weighted by Gasteiger charge is 2.27. The van der Waals surface area contributed by atoms with Crippen molar-refractivity contribution in [2.24, 2.45) is 11.7 Å². The zero-order valence-electron chi connectivity index (χ0n) is 9.84. The lowest BCUT2D eigenvalue weighted by atomic mass is 9.96. The fourth-order valence-electron chi connectivity index (χ4n) is 2.83. The first-order valence-electron chi connectivity index (χ1n) is 6.27.